The number of halogens is 1. The van der Waals surface area contributed by atoms with Gasteiger partial charge in [-0.2, -0.15) is 0 Å². The molecule has 0 aromatic heterocycles. The number of nitrogens with one attached hydrogen (secondary N) is 1. The highest BCUT2D eigenvalue weighted by Crippen LogP contribution is 2.13. The van der Waals surface area contributed by atoms with Gasteiger partial charge in [0.05, 0.1) is 17.1 Å². The number of amides is 1. The number of ether oxygens (including phenoxy) is 1. The monoisotopic (exact) mass is 304 g/mol. The van der Waals surface area contributed by atoms with Gasteiger partial charge >= 0.3 is 0 Å². The third-order valence-electron chi connectivity index (χ3n) is 2.46. The Hall–Kier alpha value is -1.51. The molecule has 1 unspecified atom stereocenters. The van der Waals surface area contributed by atoms with Gasteiger partial charge in [-0.15, -0.1) is 0 Å². The van der Waals surface area contributed by atoms with E-state index in [4.69, 9.17) is 9.88 Å². The molecule has 0 aliphatic carbocycles. The van der Waals surface area contributed by atoms with Crippen LogP contribution in [-0.2, 0) is 14.8 Å². The molecular formula is C12H17FN2O4S. The summed E-state index contributed by atoms with van der Waals surface area (Å²) in [6.45, 7) is 4.35. The first-order chi connectivity index (χ1) is 9.25. The summed E-state index contributed by atoms with van der Waals surface area (Å²) in [5, 5.41) is 7.42. The lowest BCUT2D eigenvalue weighted by Crippen LogP contribution is -2.36. The molecule has 0 spiro atoms. The summed E-state index contributed by atoms with van der Waals surface area (Å²) in [6, 6.07) is 2.59. The van der Waals surface area contributed by atoms with Crippen molar-refractivity contribution in [3.05, 3.63) is 29.6 Å². The lowest BCUT2D eigenvalue weighted by Gasteiger charge is -2.14. The largest absolute Gasteiger partial charge is 0.380 e. The molecule has 20 heavy (non-hydrogen) atoms. The van der Waals surface area contributed by atoms with E-state index in [0.29, 0.717) is 13.2 Å². The van der Waals surface area contributed by atoms with Gasteiger partial charge in [0.25, 0.3) is 5.91 Å². The molecule has 1 aromatic carbocycles. The molecule has 0 aliphatic heterocycles. The minimum Gasteiger partial charge on any atom is -0.380 e. The van der Waals surface area contributed by atoms with Crippen molar-refractivity contribution in [2.75, 3.05) is 13.2 Å². The van der Waals surface area contributed by atoms with E-state index in [1.807, 2.05) is 6.92 Å². The minimum atomic E-state index is -3.99. The Bertz CT molecular complexity index is 589. The van der Waals surface area contributed by atoms with Gasteiger partial charge in [-0.3, -0.25) is 4.79 Å². The first-order valence-electron chi connectivity index (χ1n) is 5.96. The minimum absolute atomic E-state index is 0.249. The highest BCUT2D eigenvalue weighted by Gasteiger charge is 2.17. The molecule has 1 aromatic rings. The number of benzene rings is 1. The molecule has 8 heteroatoms. The van der Waals surface area contributed by atoms with Crippen molar-refractivity contribution in [3.8, 4) is 0 Å². The molecule has 0 heterocycles. The van der Waals surface area contributed by atoms with Crippen molar-refractivity contribution in [1.82, 2.24) is 5.32 Å². The highest BCUT2D eigenvalue weighted by atomic mass is 32.2. The fraction of sp³-hybridized carbons (Fsp3) is 0.417. The Labute approximate surface area is 117 Å². The van der Waals surface area contributed by atoms with Gasteiger partial charge in [0, 0.05) is 12.6 Å². The molecule has 0 radical (unpaired) electrons. The molecule has 6 nitrogen and oxygen atoms in total. The quantitative estimate of drug-likeness (QED) is 0.805. The van der Waals surface area contributed by atoms with Gasteiger partial charge in [-0.25, -0.2) is 17.9 Å². The van der Waals surface area contributed by atoms with E-state index < -0.39 is 21.7 Å². The second-order valence-electron chi connectivity index (χ2n) is 4.22. The Kier molecular flexibility index (Phi) is 5.61. The van der Waals surface area contributed by atoms with Crippen molar-refractivity contribution < 1.29 is 22.3 Å². The number of rotatable bonds is 6. The Morgan fingerprint density at radius 3 is 2.65 bits per heavy atom. The fourth-order valence-electron chi connectivity index (χ4n) is 1.49. The van der Waals surface area contributed by atoms with E-state index >= 15 is 0 Å². The molecule has 1 atom stereocenters. The van der Waals surface area contributed by atoms with Crippen LogP contribution in [0.15, 0.2) is 23.1 Å². The zero-order chi connectivity index (χ0) is 15.3. The van der Waals surface area contributed by atoms with Crippen LogP contribution in [0.25, 0.3) is 0 Å². The Balaban J connectivity index is 2.84. The predicted octanol–water partition coefficient (Wildman–Crippen LogP) is 0.628. The predicted molar refractivity (Wildman–Crippen MR) is 71.2 cm³/mol. The average Bonchev–Trinajstić information content (AvgIpc) is 2.34. The fourth-order valence-corrected chi connectivity index (χ4v) is 2.02. The molecular weight excluding hydrogens is 287 g/mol. The molecule has 3 N–H and O–H groups in total. The molecule has 0 saturated heterocycles. The zero-order valence-corrected chi connectivity index (χ0v) is 12.0. The SMILES string of the molecule is CCOCC(C)NC(=O)c1ccc(S(N)(=O)=O)cc1F. The number of carbonyl (C=O) groups is 1. The normalized spacial score (nSPS) is 13.0. The third-order valence-corrected chi connectivity index (χ3v) is 3.37. The molecule has 1 rings (SSSR count). The number of carbonyl (C=O) groups excluding carboxylic acids is 1. The summed E-state index contributed by atoms with van der Waals surface area (Å²) in [5.41, 5.74) is -0.249. The average molecular weight is 304 g/mol. The lowest BCUT2D eigenvalue weighted by molar-refractivity contribution is 0.0868. The second-order valence-corrected chi connectivity index (χ2v) is 5.78. The van der Waals surface area contributed by atoms with Crippen LogP contribution in [-0.4, -0.2) is 33.6 Å². The Morgan fingerprint density at radius 1 is 1.50 bits per heavy atom. The van der Waals surface area contributed by atoms with Gasteiger partial charge in [0.15, 0.2) is 0 Å². The first kappa shape index (κ1) is 16.5. The van der Waals surface area contributed by atoms with E-state index in [0.717, 1.165) is 18.2 Å². The van der Waals surface area contributed by atoms with Gasteiger partial charge in [-0.05, 0) is 32.0 Å². The van der Waals surface area contributed by atoms with Gasteiger partial charge in [-0.1, -0.05) is 0 Å². The molecule has 112 valence electrons. The van der Waals surface area contributed by atoms with Crippen LogP contribution < -0.4 is 10.5 Å². The molecule has 1 amide bonds. The van der Waals surface area contributed by atoms with Crippen LogP contribution >= 0.6 is 0 Å². The van der Waals surface area contributed by atoms with Crippen molar-refractivity contribution in [1.29, 1.82) is 0 Å². The van der Waals surface area contributed by atoms with E-state index in [9.17, 15) is 17.6 Å². The standard InChI is InChI=1S/C12H17FN2O4S/c1-3-19-7-8(2)15-12(16)10-5-4-9(6-11(10)13)20(14,17)18/h4-6,8H,3,7H2,1-2H3,(H,15,16)(H2,14,17,18). The maximum absolute atomic E-state index is 13.7. The molecule has 0 aliphatic rings. The molecule has 0 bridgehead atoms. The van der Waals surface area contributed by atoms with Crippen LogP contribution in [0.1, 0.15) is 24.2 Å². The van der Waals surface area contributed by atoms with Crippen LogP contribution in [0.4, 0.5) is 4.39 Å². The lowest BCUT2D eigenvalue weighted by atomic mass is 10.2. The number of primary sulfonamides is 1. The van der Waals surface area contributed by atoms with Gasteiger partial charge < -0.3 is 10.1 Å². The number of hydrogen-bond acceptors (Lipinski definition) is 4. The summed E-state index contributed by atoms with van der Waals surface area (Å²) < 4.78 is 41.0. The number of sulfonamides is 1. The Morgan fingerprint density at radius 2 is 2.15 bits per heavy atom. The summed E-state index contributed by atoms with van der Waals surface area (Å²) in [6.07, 6.45) is 0. The first-order valence-corrected chi connectivity index (χ1v) is 7.51. The summed E-state index contributed by atoms with van der Waals surface area (Å²) >= 11 is 0. The van der Waals surface area contributed by atoms with Crippen LogP contribution in [0.2, 0.25) is 0 Å². The maximum atomic E-state index is 13.7. The summed E-state index contributed by atoms with van der Waals surface area (Å²) in [5.74, 6) is -1.59. The highest BCUT2D eigenvalue weighted by molar-refractivity contribution is 7.89. The van der Waals surface area contributed by atoms with E-state index in [1.165, 1.54) is 0 Å². The summed E-state index contributed by atoms with van der Waals surface area (Å²) in [7, 11) is -3.99. The van der Waals surface area contributed by atoms with Gasteiger partial charge in [0.2, 0.25) is 10.0 Å². The second kappa shape index (κ2) is 6.78. The number of hydrogen-bond donors (Lipinski definition) is 2. The van der Waals surface area contributed by atoms with Gasteiger partial charge in [0.1, 0.15) is 5.82 Å². The molecule has 0 fully saturated rings. The number of nitrogens with two attached hydrogens (primary N) is 1. The van der Waals surface area contributed by atoms with E-state index in [-0.39, 0.29) is 16.5 Å². The van der Waals surface area contributed by atoms with Crippen molar-refractivity contribution >= 4 is 15.9 Å². The maximum Gasteiger partial charge on any atom is 0.254 e. The van der Waals surface area contributed by atoms with Crippen molar-refractivity contribution in [2.24, 2.45) is 5.14 Å². The van der Waals surface area contributed by atoms with Crippen LogP contribution in [0, 0.1) is 5.82 Å². The third kappa shape index (κ3) is 4.55. The van der Waals surface area contributed by atoms with E-state index in [2.05, 4.69) is 5.32 Å². The van der Waals surface area contributed by atoms with Crippen LogP contribution in [0.3, 0.4) is 0 Å². The van der Waals surface area contributed by atoms with E-state index in [1.54, 1.807) is 6.92 Å². The summed E-state index contributed by atoms with van der Waals surface area (Å²) in [4.78, 5) is 11.4. The topological polar surface area (TPSA) is 98.5 Å². The smallest absolute Gasteiger partial charge is 0.254 e. The zero-order valence-electron chi connectivity index (χ0n) is 11.2. The molecule has 0 saturated carbocycles. The van der Waals surface area contributed by atoms with Crippen molar-refractivity contribution in [2.45, 2.75) is 24.8 Å². The van der Waals surface area contributed by atoms with Crippen LogP contribution in [0.5, 0.6) is 0 Å². The van der Waals surface area contributed by atoms with Crippen molar-refractivity contribution in [3.63, 3.8) is 0 Å².